The molecule has 4 aromatic carbocycles. The van der Waals surface area contributed by atoms with Crippen molar-refractivity contribution >= 4 is 35.9 Å². The van der Waals surface area contributed by atoms with Crippen LogP contribution in [0.15, 0.2) is 121 Å². The molecule has 5 aromatic rings. The number of carbonyl (C=O) groups excluding carboxylic acids is 1. The molecule has 1 aromatic heterocycles. The molecule has 10 heteroatoms. The number of ether oxygens (including phenoxy) is 1. The van der Waals surface area contributed by atoms with Crippen molar-refractivity contribution < 1.29 is 41.8 Å². The number of hydrogen-bond acceptors (Lipinski definition) is 5. The maximum Gasteiger partial charge on any atom is 1.00 e. The van der Waals surface area contributed by atoms with Crippen molar-refractivity contribution in [1.82, 2.24) is 20.7 Å². The first-order valence-electron chi connectivity index (χ1n) is 12.1. The van der Waals surface area contributed by atoms with Gasteiger partial charge in [0.05, 0.1) is 0 Å². The zero-order valence-corrected chi connectivity index (χ0v) is 24.2. The number of amides is 1. The van der Waals surface area contributed by atoms with Crippen molar-refractivity contribution in [2.24, 2.45) is 0 Å². The molecule has 206 valence electrons. The van der Waals surface area contributed by atoms with Gasteiger partial charge in [-0.05, 0) is 29.4 Å². The van der Waals surface area contributed by atoms with E-state index in [4.69, 9.17) is 9.84 Å². The standard InChI is InChI=1S/C18H15P.C12H11N4O4.Au/c1-4-10-16(11-5-1)19(17-12-6-2-7-13-17)18-14-8-3-9-15-18;17-11(18)10(8-4-2-1-3-5-8)14-12(19)20-7-9-6-13-16-15-9;/h1-15H;1-5,10H,7H2,(H,14,19)(H,17,18)(H,13,15,16);/q;-1;+1/t;10-;/m.1./s1. The van der Waals surface area contributed by atoms with Crippen LogP contribution in [0.25, 0.3) is 0 Å². The van der Waals surface area contributed by atoms with Crippen LogP contribution in [0.1, 0.15) is 17.3 Å². The maximum absolute atomic E-state index is 11.6. The number of carboxylic acids is 1. The molecule has 0 spiro atoms. The molecule has 0 aliphatic carbocycles. The van der Waals surface area contributed by atoms with Crippen LogP contribution in [0, 0.1) is 6.20 Å². The Morgan fingerprint density at radius 1 is 0.800 bits per heavy atom. The molecule has 3 N–H and O–H groups in total. The molecule has 0 radical (unpaired) electrons. The first-order chi connectivity index (χ1) is 19.1. The number of aliphatic carboxylic acids is 1. The van der Waals surface area contributed by atoms with Gasteiger partial charge in [0, 0.05) is 0 Å². The summed E-state index contributed by atoms with van der Waals surface area (Å²) in [6, 6.07) is 39.5. The van der Waals surface area contributed by atoms with Gasteiger partial charge in [-0.1, -0.05) is 127 Å². The van der Waals surface area contributed by atoms with Crippen molar-refractivity contribution in [3.63, 3.8) is 0 Å². The fourth-order valence-electron chi connectivity index (χ4n) is 3.67. The largest absolute Gasteiger partial charge is 1.00 e. The molecular weight excluding hydrogens is 708 g/mol. The van der Waals surface area contributed by atoms with Crippen molar-refractivity contribution in [3.05, 3.63) is 139 Å². The first-order valence-corrected chi connectivity index (χ1v) is 13.4. The number of aromatic nitrogens is 3. The monoisotopic (exact) mass is 734 g/mol. The minimum absolute atomic E-state index is 0. The number of H-pyrrole nitrogens is 1. The second-order valence-corrected chi connectivity index (χ2v) is 10.4. The van der Waals surface area contributed by atoms with Gasteiger partial charge in [0.1, 0.15) is 6.61 Å². The molecule has 0 aliphatic rings. The van der Waals surface area contributed by atoms with Gasteiger partial charge < -0.3 is 26.5 Å². The smallest absolute Gasteiger partial charge is 0.479 e. The van der Waals surface area contributed by atoms with E-state index >= 15 is 0 Å². The molecule has 5 rings (SSSR count). The molecule has 0 unspecified atom stereocenters. The number of aromatic amines is 1. The van der Waals surface area contributed by atoms with Gasteiger partial charge >= 0.3 is 34.4 Å². The van der Waals surface area contributed by atoms with Crippen LogP contribution < -0.4 is 21.2 Å². The summed E-state index contributed by atoms with van der Waals surface area (Å²) in [5.74, 6) is -1.18. The Balaban J connectivity index is 0.000000215. The van der Waals surface area contributed by atoms with Gasteiger partial charge in [0.15, 0.2) is 6.04 Å². The third-order valence-corrected chi connectivity index (χ3v) is 7.90. The van der Waals surface area contributed by atoms with Crippen molar-refractivity contribution in [1.29, 1.82) is 0 Å². The number of benzene rings is 4. The first kappa shape index (κ1) is 30.5. The van der Waals surface area contributed by atoms with Crippen LogP contribution in [-0.2, 0) is 38.5 Å². The fourth-order valence-corrected chi connectivity index (χ4v) is 5.97. The summed E-state index contributed by atoms with van der Waals surface area (Å²) >= 11 is 0. The van der Waals surface area contributed by atoms with E-state index in [2.05, 4.69) is 118 Å². The number of alkyl carbamates (subject to hydrolysis) is 1. The zero-order valence-electron chi connectivity index (χ0n) is 21.1. The van der Waals surface area contributed by atoms with E-state index in [0.717, 1.165) is 0 Å². The van der Waals surface area contributed by atoms with Crippen LogP contribution in [0.2, 0.25) is 0 Å². The average molecular weight is 735 g/mol. The summed E-state index contributed by atoms with van der Waals surface area (Å²) in [4.78, 5) is 22.7. The number of carboxylic acid groups (broad SMARTS) is 1. The summed E-state index contributed by atoms with van der Waals surface area (Å²) in [5.41, 5.74) is 0.832. The molecule has 1 heterocycles. The fraction of sp³-hybridized carbons (Fsp3) is 0.0667. The molecule has 0 saturated carbocycles. The van der Waals surface area contributed by atoms with Crippen LogP contribution in [0.4, 0.5) is 4.79 Å². The Morgan fingerprint density at radius 3 is 1.65 bits per heavy atom. The minimum atomic E-state index is -1.18. The zero-order chi connectivity index (χ0) is 27.3. The van der Waals surface area contributed by atoms with Crippen LogP contribution in [0.5, 0.6) is 0 Å². The molecule has 40 heavy (non-hydrogen) atoms. The number of hydrogen-bond donors (Lipinski definition) is 3. The quantitative estimate of drug-likeness (QED) is 0.126. The van der Waals surface area contributed by atoms with Crippen molar-refractivity contribution in [3.8, 4) is 0 Å². The van der Waals surface area contributed by atoms with Crippen molar-refractivity contribution in [2.45, 2.75) is 12.6 Å². The molecule has 1 amide bonds. The van der Waals surface area contributed by atoms with E-state index in [1.165, 1.54) is 15.9 Å². The van der Waals surface area contributed by atoms with E-state index in [-0.39, 0.29) is 29.0 Å². The van der Waals surface area contributed by atoms with Gasteiger partial charge in [-0.25, -0.2) is 9.59 Å². The predicted molar refractivity (Wildman–Crippen MR) is 151 cm³/mol. The normalized spacial score (nSPS) is 10.8. The molecule has 0 saturated heterocycles. The van der Waals surface area contributed by atoms with Gasteiger partial charge in [-0.15, -0.1) is 5.21 Å². The molecule has 0 fully saturated rings. The predicted octanol–water partition coefficient (Wildman–Crippen LogP) is 4.10. The number of carbonyl (C=O) groups is 2. The Bertz CT molecular complexity index is 1330. The van der Waals surface area contributed by atoms with Gasteiger partial charge in [-0.3, -0.25) is 5.10 Å². The maximum atomic E-state index is 11.6. The van der Waals surface area contributed by atoms with E-state index in [9.17, 15) is 9.59 Å². The summed E-state index contributed by atoms with van der Waals surface area (Å²) in [6.07, 6.45) is 1.61. The summed E-state index contributed by atoms with van der Waals surface area (Å²) in [7, 11) is -0.446. The van der Waals surface area contributed by atoms with Gasteiger partial charge in [-0.2, -0.15) is 0 Å². The molecule has 0 bridgehead atoms. The molecule has 0 aliphatic heterocycles. The van der Waals surface area contributed by atoms with Gasteiger partial charge in [0.25, 0.3) is 0 Å². The minimum Gasteiger partial charge on any atom is -0.479 e. The average Bonchev–Trinajstić information content (AvgIpc) is 3.51. The Hall–Kier alpha value is -4.07. The van der Waals surface area contributed by atoms with Crippen LogP contribution >= 0.6 is 7.92 Å². The van der Waals surface area contributed by atoms with E-state index in [1.807, 2.05) is 0 Å². The van der Waals surface area contributed by atoms with E-state index < -0.39 is 26.0 Å². The third-order valence-electron chi connectivity index (χ3n) is 5.45. The van der Waals surface area contributed by atoms with Crippen molar-refractivity contribution in [2.75, 3.05) is 0 Å². The Labute approximate surface area is 249 Å². The topological polar surface area (TPSA) is 117 Å². The van der Waals surface area contributed by atoms with E-state index in [1.54, 1.807) is 30.3 Å². The van der Waals surface area contributed by atoms with Crippen LogP contribution in [-0.4, -0.2) is 32.6 Å². The second-order valence-electron chi connectivity index (χ2n) is 8.15. The van der Waals surface area contributed by atoms with Crippen LogP contribution in [0.3, 0.4) is 0 Å². The summed E-state index contributed by atoms with van der Waals surface area (Å²) in [5, 5.41) is 24.8. The third kappa shape index (κ3) is 9.00. The number of nitrogens with zero attached hydrogens (tertiary/aromatic N) is 2. The molecule has 1 atom stereocenters. The Kier molecular flexibility index (Phi) is 12.3. The SMILES string of the molecule is O=C(N[C@@H](C(=O)O)c1ccccc1)OCc1[c-]nn[nH]1.[Au+].c1ccc(P(c2ccccc2)c2ccccc2)cc1. The molecule has 8 nitrogen and oxygen atoms in total. The van der Waals surface area contributed by atoms with E-state index in [0.29, 0.717) is 11.3 Å². The summed E-state index contributed by atoms with van der Waals surface area (Å²) < 4.78 is 4.83. The molecular formula is C30H26AuN4O4P. The number of rotatable bonds is 8. The van der Waals surface area contributed by atoms with Gasteiger partial charge in [0.2, 0.25) is 0 Å². The number of nitrogens with one attached hydrogen (secondary N) is 2. The second kappa shape index (κ2) is 16.1. The Morgan fingerprint density at radius 2 is 1.25 bits per heavy atom. The summed E-state index contributed by atoms with van der Waals surface area (Å²) in [6.45, 7) is -0.125.